The van der Waals surface area contributed by atoms with Gasteiger partial charge >= 0.3 is 11.9 Å². The van der Waals surface area contributed by atoms with Crippen LogP contribution in [0.4, 0.5) is 0 Å². The molecule has 1 aliphatic rings. The minimum Gasteiger partial charge on any atom is -0.481 e. The summed E-state index contributed by atoms with van der Waals surface area (Å²) in [6, 6.07) is 6.38. The molecule has 11 N–H and O–H groups in total. The fraction of sp³-hybridized carbons (Fsp3) is 0.537. The fourth-order valence-electron chi connectivity index (χ4n) is 6.78. The number of aliphatic carboxylic acids is 2. The number of halogens is 2. The zero-order chi connectivity index (χ0) is 43.6. The summed E-state index contributed by atoms with van der Waals surface area (Å²) in [5, 5.41) is 32.6. The molecule has 0 aliphatic heterocycles. The first kappa shape index (κ1) is 48.8. The lowest BCUT2D eigenvalue weighted by molar-refractivity contribution is -0.142. The van der Waals surface area contributed by atoms with Gasteiger partial charge in [-0.1, -0.05) is 97.7 Å². The molecule has 6 atom stereocenters. The molecule has 1 saturated carbocycles. The second-order valence-corrected chi connectivity index (χ2v) is 16.9. The largest absolute Gasteiger partial charge is 0.481 e. The molecular weight excluding hydrogens is 850 g/mol. The number of carbonyl (C=O) groups excluding carboxylic acids is 5. The Labute approximate surface area is 357 Å². The summed E-state index contributed by atoms with van der Waals surface area (Å²) in [5.41, 5.74) is 13.8. The highest BCUT2D eigenvalue weighted by atomic mass is 79.9. The molecule has 1 fully saturated rings. The van der Waals surface area contributed by atoms with Crippen molar-refractivity contribution in [3.05, 3.63) is 69.2 Å². The van der Waals surface area contributed by atoms with Crippen molar-refractivity contribution in [2.45, 2.75) is 121 Å². The Morgan fingerprint density at radius 2 is 1.22 bits per heavy atom. The van der Waals surface area contributed by atoms with Gasteiger partial charge in [-0.05, 0) is 72.9 Å². The Morgan fingerprint density at radius 3 is 1.81 bits per heavy atom. The molecule has 3 rings (SSSR count). The van der Waals surface area contributed by atoms with E-state index >= 15 is 0 Å². The lowest BCUT2D eigenvalue weighted by atomic mass is 9.84. The van der Waals surface area contributed by atoms with Gasteiger partial charge in [0.15, 0.2) is 0 Å². The van der Waals surface area contributed by atoms with Crippen LogP contribution >= 0.6 is 27.5 Å². The van der Waals surface area contributed by atoms with Crippen LogP contribution in [0.25, 0.3) is 0 Å². The van der Waals surface area contributed by atoms with Crippen molar-refractivity contribution in [2.24, 2.45) is 23.3 Å². The van der Waals surface area contributed by atoms with Crippen LogP contribution in [-0.4, -0.2) is 94.5 Å². The third-order valence-electron chi connectivity index (χ3n) is 10.1. The molecule has 0 radical (unpaired) electrons. The van der Waals surface area contributed by atoms with Crippen molar-refractivity contribution in [3.63, 3.8) is 0 Å². The maximum atomic E-state index is 13.7. The normalized spacial score (nSPS) is 16.1. The van der Waals surface area contributed by atoms with Gasteiger partial charge in [-0.2, -0.15) is 0 Å². The Kier molecular flexibility index (Phi) is 20.3. The highest BCUT2D eigenvalue weighted by Crippen LogP contribution is 2.27. The van der Waals surface area contributed by atoms with Crippen LogP contribution in [0, 0.1) is 11.8 Å². The second-order valence-electron chi connectivity index (χ2n) is 15.5. The minimum atomic E-state index is -1.48. The van der Waals surface area contributed by atoms with E-state index in [2.05, 4.69) is 42.5 Å². The van der Waals surface area contributed by atoms with E-state index in [1.807, 2.05) is 0 Å². The van der Waals surface area contributed by atoms with Gasteiger partial charge in [-0.3, -0.25) is 28.8 Å². The Hall–Kier alpha value is -4.58. The molecule has 2 aromatic rings. The van der Waals surface area contributed by atoms with Gasteiger partial charge in [0.1, 0.15) is 30.2 Å². The molecule has 59 heavy (non-hydrogen) atoms. The molecule has 0 heterocycles. The highest BCUT2D eigenvalue weighted by molar-refractivity contribution is 9.10. The number of carboxylic acids is 2. The van der Waals surface area contributed by atoms with Gasteiger partial charge < -0.3 is 48.3 Å². The van der Waals surface area contributed by atoms with Crippen LogP contribution in [0.2, 0.25) is 5.02 Å². The number of carbonyl (C=O) groups is 7. The van der Waals surface area contributed by atoms with Crippen LogP contribution in [0.1, 0.15) is 82.8 Å². The van der Waals surface area contributed by atoms with Crippen molar-refractivity contribution < 1.29 is 43.8 Å². The molecule has 0 saturated heterocycles. The molecule has 0 bridgehead atoms. The predicted molar refractivity (Wildman–Crippen MR) is 225 cm³/mol. The summed E-state index contributed by atoms with van der Waals surface area (Å²) in [4.78, 5) is 90.9. The third-order valence-corrected chi connectivity index (χ3v) is 10.8. The van der Waals surface area contributed by atoms with E-state index in [1.165, 1.54) is 0 Å². The number of hydrogen-bond donors (Lipinski definition) is 9. The maximum absolute atomic E-state index is 13.7. The van der Waals surface area contributed by atoms with E-state index in [4.69, 9.17) is 23.1 Å². The lowest BCUT2D eigenvalue weighted by Crippen LogP contribution is -2.59. The maximum Gasteiger partial charge on any atom is 0.326 e. The number of carboxylic acid groups (broad SMARTS) is 2. The second kappa shape index (κ2) is 24.5. The Bertz CT molecular complexity index is 1740. The van der Waals surface area contributed by atoms with Crippen LogP contribution in [0.3, 0.4) is 0 Å². The number of benzene rings is 2. The smallest absolute Gasteiger partial charge is 0.326 e. The first-order valence-electron chi connectivity index (χ1n) is 19.9. The molecular formula is C41H57BrClN7O9. The molecule has 0 aromatic heterocycles. The summed E-state index contributed by atoms with van der Waals surface area (Å²) in [6.07, 6.45) is 4.58. The SMILES string of the molecule is CC(C)C[C@H](NC(=O)[C@H](Cc1ccc(Br)cc1)NC(=O)[C@H](CCC(=O)O)NC(=O)C(N)CNC(=O)[C@H](CC1CCCCC1)NC(=O)[C@@H](N)Cc1ccc(Cl)cc1)C(=O)O. The van der Waals surface area contributed by atoms with Gasteiger partial charge in [0.05, 0.1) is 6.04 Å². The van der Waals surface area contributed by atoms with Crippen molar-refractivity contribution in [1.29, 1.82) is 0 Å². The topological polar surface area (TPSA) is 272 Å². The Morgan fingerprint density at radius 1 is 0.695 bits per heavy atom. The number of nitrogens with one attached hydrogen (secondary N) is 5. The zero-order valence-electron chi connectivity index (χ0n) is 33.4. The van der Waals surface area contributed by atoms with Crippen molar-refractivity contribution in [1.82, 2.24) is 26.6 Å². The van der Waals surface area contributed by atoms with Gasteiger partial charge in [-0.25, -0.2) is 4.79 Å². The van der Waals surface area contributed by atoms with Crippen LogP contribution in [0.5, 0.6) is 0 Å². The molecule has 5 amide bonds. The first-order valence-corrected chi connectivity index (χ1v) is 21.0. The van der Waals surface area contributed by atoms with E-state index < -0.39 is 90.7 Å². The van der Waals surface area contributed by atoms with E-state index in [9.17, 15) is 43.8 Å². The number of rotatable bonds is 23. The summed E-state index contributed by atoms with van der Waals surface area (Å²) in [6.45, 7) is 3.20. The molecule has 1 aliphatic carbocycles. The molecule has 0 spiro atoms. The molecule has 1 unspecified atom stereocenters. The quantitative estimate of drug-likeness (QED) is 0.0782. The minimum absolute atomic E-state index is 0.0609. The summed E-state index contributed by atoms with van der Waals surface area (Å²) < 4.78 is 0.761. The molecule has 324 valence electrons. The molecule has 16 nitrogen and oxygen atoms in total. The van der Waals surface area contributed by atoms with Crippen molar-refractivity contribution in [2.75, 3.05) is 6.54 Å². The standard InChI is InChI=1S/C41H57BrClN7O9/c1-23(2)18-34(41(58)59)50-40(57)33(21-26-8-12-27(42)13-9-26)49-39(56)31(16-17-35(51)52)47-37(54)30(45)22-46-38(55)32(20-24-6-4-3-5-7-24)48-36(53)29(44)19-25-10-14-28(43)15-11-25/h8-15,23-24,29-34H,3-7,16-22,44-45H2,1-2H3,(H,46,55)(H,47,54)(H,48,53)(H,49,56)(H,50,57)(H,51,52)(H,58,59)/t29-,30?,31-,32-,33-,34-/m0/s1. The number of amides is 5. The predicted octanol–water partition coefficient (Wildman–Crippen LogP) is 2.56. The van der Waals surface area contributed by atoms with Gasteiger partial charge in [0.2, 0.25) is 29.5 Å². The van der Waals surface area contributed by atoms with E-state index in [-0.39, 0.29) is 37.5 Å². The highest BCUT2D eigenvalue weighted by Gasteiger charge is 2.32. The van der Waals surface area contributed by atoms with Crippen LogP contribution in [-0.2, 0) is 46.4 Å². The van der Waals surface area contributed by atoms with E-state index in [0.717, 1.165) is 42.1 Å². The lowest BCUT2D eigenvalue weighted by Gasteiger charge is -2.28. The monoisotopic (exact) mass is 905 g/mol. The third kappa shape index (κ3) is 17.7. The first-order chi connectivity index (χ1) is 27.9. The van der Waals surface area contributed by atoms with Crippen molar-refractivity contribution in [3.8, 4) is 0 Å². The summed E-state index contributed by atoms with van der Waals surface area (Å²) in [5.74, 6) is -6.12. The van der Waals surface area contributed by atoms with Gasteiger partial charge in [-0.15, -0.1) is 0 Å². The zero-order valence-corrected chi connectivity index (χ0v) is 35.7. The average Bonchev–Trinajstić information content (AvgIpc) is 3.19. The van der Waals surface area contributed by atoms with Crippen LogP contribution in [0.15, 0.2) is 53.0 Å². The number of hydrogen-bond acceptors (Lipinski definition) is 9. The molecule has 18 heteroatoms. The van der Waals surface area contributed by atoms with Crippen LogP contribution < -0.4 is 38.1 Å². The Balaban J connectivity index is 1.71. The van der Waals surface area contributed by atoms with Gasteiger partial charge in [0, 0.05) is 28.9 Å². The van der Waals surface area contributed by atoms with E-state index in [0.29, 0.717) is 17.0 Å². The van der Waals surface area contributed by atoms with Gasteiger partial charge in [0.25, 0.3) is 0 Å². The average molecular weight is 907 g/mol. The van der Waals surface area contributed by atoms with Crippen molar-refractivity contribution >= 4 is 69.0 Å². The van der Waals surface area contributed by atoms with E-state index in [1.54, 1.807) is 62.4 Å². The fourth-order valence-corrected chi connectivity index (χ4v) is 7.17. The summed E-state index contributed by atoms with van der Waals surface area (Å²) in [7, 11) is 0. The molecule has 2 aromatic carbocycles. The number of nitrogens with two attached hydrogens (primary N) is 2. The summed E-state index contributed by atoms with van der Waals surface area (Å²) >= 11 is 9.32.